The van der Waals surface area contributed by atoms with Crippen molar-refractivity contribution >= 4 is 35.7 Å². The number of hydrogen-bond donors (Lipinski definition) is 0. The van der Waals surface area contributed by atoms with Gasteiger partial charge in [-0.15, -0.1) is 0 Å². The summed E-state index contributed by atoms with van der Waals surface area (Å²) in [4.78, 5) is 18.7. The Kier molecular flexibility index (Phi) is 6.34. The van der Waals surface area contributed by atoms with Crippen molar-refractivity contribution in [3.8, 4) is 0 Å². The molecule has 2 aromatic heterocycles. The molecule has 0 saturated carbocycles. The van der Waals surface area contributed by atoms with Crippen molar-refractivity contribution in [2.45, 2.75) is 37.8 Å². The first-order valence-corrected chi connectivity index (χ1v) is 14.2. The highest BCUT2D eigenvalue weighted by molar-refractivity contribution is 8.03. The predicted molar refractivity (Wildman–Crippen MR) is 157 cm³/mol. The predicted octanol–water partition coefficient (Wildman–Crippen LogP) is 6.54. The molecule has 0 amide bonds. The standard InChI is InChI=1S/C31H28N6OS/c1-2-38-31-35-29-27-26-23(19-21-11-15-32-16-12-21)7-6-10-25(26)28(22-13-17-33-18-14-22)39-30(27)34-20-36(29)37(31)24-8-4-3-5-9-24/h3-5,8-9,11-20,28,31H,2,6-7,10H2,1H3/b23-19+. The van der Waals surface area contributed by atoms with E-state index in [0.29, 0.717) is 6.61 Å². The van der Waals surface area contributed by atoms with Gasteiger partial charge in [0.1, 0.15) is 11.4 Å². The van der Waals surface area contributed by atoms with Crippen molar-refractivity contribution in [2.24, 2.45) is 9.98 Å². The summed E-state index contributed by atoms with van der Waals surface area (Å²) >= 11 is 1.82. The fraction of sp³-hybridized carbons (Fsp3) is 0.226. The molecule has 7 nitrogen and oxygen atoms in total. The molecule has 0 N–H and O–H groups in total. The number of pyridine rings is 2. The second-order valence-corrected chi connectivity index (χ2v) is 10.8. The first kappa shape index (κ1) is 24.1. The molecule has 5 heterocycles. The Morgan fingerprint density at radius 1 is 0.949 bits per heavy atom. The topological polar surface area (TPSA) is 66.2 Å². The number of aliphatic imine (C=N–C) groups is 2. The third-order valence-corrected chi connectivity index (χ3v) is 8.66. The van der Waals surface area contributed by atoms with Crippen LogP contribution in [0.25, 0.3) is 6.08 Å². The van der Waals surface area contributed by atoms with E-state index in [4.69, 9.17) is 14.7 Å². The number of nitrogens with zero attached hydrogens (tertiary/aromatic N) is 6. The maximum Gasteiger partial charge on any atom is 0.248 e. The molecule has 2 atom stereocenters. The zero-order chi connectivity index (χ0) is 26.2. The molecule has 0 saturated heterocycles. The number of amidine groups is 1. The Balaban J connectivity index is 1.40. The Hall–Kier alpha value is -4.01. The lowest BCUT2D eigenvalue weighted by Gasteiger charge is -2.39. The van der Waals surface area contributed by atoms with Crippen molar-refractivity contribution in [1.82, 2.24) is 15.0 Å². The number of rotatable bonds is 5. The molecule has 194 valence electrons. The molecule has 1 aliphatic carbocycles. The fourth-order valence-corrected chi connectivity index (χ4v) is 7.00. The SMILES string of the molecule is CCOC1N=C2C3=C(N=CN2N1c1ccccc1)SC(c1ccncc1)C1=C3/C(=C/c2ccncc2)CCC1. The van der Waals surface area contributed by atoms with Crippen LogP contribution < -0.4 is 5.01 Å². The summed E-state index contributed by atoms with van der Waals surface area (Å²) in [5.41, 5.74) is 8.54. The molecule has 39 heavy (non-hydrogen) atoms. The zero-order valence-electron chi connectivity index (χ0n) is 21.6. The van der Waals surface area contributed by atoms with Crippen LogP contribution in [0.4, 0.5) is 5.69 Å². The quantitative estimate of drug-likeness (QED) is 0.372. The van der Waals surface area contributed by atoms with E-state index in [1.165, 1.54) is 22.3 Å². The number of aromatic nitrogens is 2. The average Bonchev–Trinajstić information content (AvgIpc) is 3.36. The number of anilines is 1. The lowest BCUT2D eigenvalue weighted by Crippen LogP contribution is -2.47. The number of fused-ring (bicyclic) bond motifs is 3. The van der Waals surface area contributed by atoms with E-state index in [1.54, 1.807) is 0 Å². The van der Waals surface area contributed by atoms with Gasteiger partial charge >= 0.3 is 0 Å². The molecule has 4 aliphatic rings. The van der Waals surface area contributed by atoms with E-state index in [0.717, 1.165) is 47.0 Å². The van der Waals surface area contributed by atoms with Crippen LogP contribution in [0.3, 0.4) is 0 Å². The molecular formula is C31H28N6OS. The van der Waals surface area contributed by atoms with E-state index in [9.17, 15) is 0 Å². The summed E-state index contributed by atoms with van der Waals surface area (Å²) in [6.45, 7) is 2.56. The summed E-state index contributed by atoms with van der Waals surface area (Å²) in [7, 11) is 0. The second kappa shape index (κ2) is 10.3. The van der Waals surface area contributed by atoms with Crippen LogP contribution in [-0.2, 0) is 4.74 Å². The first-order valence-electron chi connectivity index (χ1n) is 13.3. The fourth-order valence-electron chi connectivity index (χ4n) is 5.69. The molecule has 3 aliphatic heterocycles. The second-order valence-electron chi connectivity index (χ2n) is 9.67. The Bertz CT molecular complexity index is 1530. The minimum absolute atomic E-state index is 0.182. The van der Waals surface area contributed by atoms with Crippen molar-refractivity contribution in [1.29, 1.82) is 0 Å². The van der Waals surface area contributed by atoms with Crippen molar-refractivity contribution in [2.75, 3.05) is 11.6 Å². The largest absolute Gasteiger partial charge is 0.338 e. The van der Waals surface area contributed by atoms with E-state index in [1.807, 2.05) is 68.0 Å². The number of para-hydroxylation sites is 1. The van der Waals surface area contributed by atoms with Gasteiger partial charge in [0.2, 0.25) is 6.35 Å². The van der Waals surface area contributed by atoms with Crippen molar-refractivity contribution in [3.05, 3.63) is 118 Å². The monoisotopic (exact) mass is 532 g/mol. The van der Waals surface area contributed by atoms with Gasteiger partial charge < -0.3 is 4.74 Å². The normalized spacial score (nSPS) is 23.1. The summed E-state index contributed by atoms with van der Waals surface area (Å²) in [6, 6.07) is 18.6. The average molecular weight is 533 g/mol. The Morgan fingerprint density at radius 3 is 2.49 bits per heavy atom. The van der Waals surface area contributed by atoms with Gasteiger partial charge in [0.15, 0.2) is 5.84 Å². The van der Waals surface area contributed by atoms with Crippen LogP contribution >= 0.6 is 11.8 Å². The van der Waals surface area contributed by atoms with Gasteiger partial charge in [-0.1, -0.05) is 36.0 Å². The molecule has 0 fully saturated rings. The highest BCUT2D eigenvalue weighted by atomic mass is 32.2. The summed E-state index contributed by atoms with van der Waals surface area (Å²) in [5, 5.41) is 5.33. The third-order valence-electron chi connectivity index (χ3n) is 7.34. The van der Waals surface area contributed by atoms with Gasteiger partial charge in [-0.3, -0.25) is 9.97 Å². The Labute approximate surface area is 232 Å². The number of allylic oxidation sites excluding steroid dienone is 1. The van der Waals surface area contributed by atoms with Crippen LogP contribution in [0, 0.1) is 0 Å². The highest BCUT2D eigenvalue weighted by Gasteiger charge is 2.44. The van der Waals surface area contributed by atoms with E-state index in [-0.39, 0.29) is 5.25 Å². The molecular weight excluding hydrogens is 504 g/mol. The van der Waals surface area contributed by atoms with Crippen molar-refractivity contribution < 1.29 is 4.74 Å². The first-order chi connectivity index (χ1) is 19.3. The zero-order valence-corrected chi connectivity index (χ0v) is 22.5. The Morgan fingerprint density at radius 2 is 1.72 bits per heavy atom. The number of hydrogen-bond acceptors (Lipinski definition) is 8. The summed E-state index contributed by atoms with van der Waals surface area (Å²) in [6.07, 6.45) is 14.4. The highest BCUT2D eigenvalue weighted by Crippen LogP contribution is 2.55. The van der Waals surface area contributed by atoms with E-state index in [2.05, 4.69) is 62.5 Å². The summed E-state index contributed by atoms with van der Waals surface area (Å²) < 4.78 is 6.15. The number of benzene rings is 1. The maximum absolute atomic E-state index is 6.15. The van der Waals surface area contributed by atoms with Crippen LogP contribution in [-0.4, -0.2) is 40.1 Å². The van der Waals surface area contributed by atoms with Gasteiger partial charge in [0.05, 0.1) is 16.5 Å². The van der Waals surface area contributed by atoms with Crippen LogP contribution in [0.2, 0.25) is 0 Å². The molecule has 3 aromatic rings. The number of ether oxygens (including phenoxy) is 1. The summed E-state index contributed by atoms with van der Waals surface area (Å²) in [5.74, 6) is 0.887. The minimum Gasteiger partial charge on any atom is -0.338 e. The molecule has 1 aromatic carbocycles. The molecule has 8 heteroatoms. The molecule has 2 unspecified atom stereocenters. The molecule has 0 bridgehead atoms. The van der Waals surface area contributed by atoms with Crippen molar-refractivity contribution in [3.63, 3.8) is 0 Å². The van der Waals surface area contributed by atoms with E-state index < -0.39 is 6.35 Å². The van der Waals surface area contributed by atoms with E-state index >= 15 is 0 Å². The smallest absolute Gasteiger partial charge is 0.248 e. The van der Waals surface area contributed by atoms with Crippen LogP contribution in [0.5, 0.6) is 0 Å². The molecule has 0 radical (unpaired) electrons. The van der Waals surface area contributed by atoms with Gasteiger partial charge in [-0.05, 0) is 90.4 Å². The third kappa shape index (κ3) is 4.30. The lowest BCUT2D eigenvalue weighted by atomic mass is 9.79. The van der Waals surface area contributed by atoms with Gasteiger partial charge in [-0.2, -0.15) is 0 Å². The minimum atomic E-state index is -0.464. The lowest BCUT2D eigenvalue weighted by molar-refractivity contribution is 0.0611. The van der Waals surface area contributed by atoms with Crippen LogP contribution in [0.15, 0.2) is 117 Å². The van der Waals surface area contributed by atoms with Gasteiger partial charge in [-0.25, -0.2) is 20.0 Å². The van der Waals surface area contributed by atoms with Gasteiger partial charge in [0.25, 0.3) is 0 Å². The van der Waals surface area contributed by atoms with Gasteiger partial charge in [0, 0.05) is 31.4 Å². The number of thioether (sulfide) groups is 1. The molecule has 0 spiro atoms. The number of hydrazine groups is 1. The molecule has 7 rings (SSSR count). The maximum atomic E-state index is 6.15. The van der Waals surface area contributed by atoms with Crippen LogP contribution in [0.1, 0.15) is 42.6 Å².